The zero-order valence-corrected chi connectivity index (χ0v) is 14.6. The molecular formula is C16H17F3N6O2. The third-order valence-electron chi connectivity index (χ3n) is 4.49. The number of ether oxygens (including phenoxy) is 2. The molecule has 1 fully saturated rings. The highest BCUT2D eigenvalue weighted by Gasteiger charge is 2.39. The molecule has 3 heterocycles. The van der Waals surface area contributed by atoms with Crippen LogP contribution in [0.3, 0.4) is 0 Å². The molecule has 1 aliphatic carbocycles. The number of hydrogen-bond acceptors (Lipinski definition) is 7. The summed E-state index contributed by atoms with van der Waals surface area (Å²) in [5.41, 5.74) is -0.888. The Balaban J connectivity index is 1.91. The van der Waals surface area contributed by atoms with Gasteiger partial charge in [-0.05, 0) is 12.8 Å². The number of fused-ring (bicyclic) bond motifs is 1. The van der Waals surface area contributed by atoms with Crippen molar-refractivity contribution in [3.05, 3.63) is 24.1 Å². The molecule has 2 aliphatic rings. The lowest BCUT2D eigenvalue weighted by atomic mass is 10.1. The average Bonchev–Trinajstić information content (AvgIpc) is 3.35. The van der Waals surface area contributed by atoms with E-state index in [1.807, 2.05) is 0 Å². The van der Waals surface area contributed by atoms with Gasteiger partial charge in [0.05, 0.1) is 13.4 Å². The number of alkyl halides is 3. The Bertz CT molecular complexity index is 934. The van der Waals surface area contributed by atoms with Gasteiger partial charge in [-0.1, -0.05) is 0 Å². The number of aliphatic imine (C=N–C) groups is 1. The summed E-state index contributed by atoms with van der Waals surface area (Å²) < 4.78 is 52.3. The Morgan fingerprint density at radius 2 is 2.04 bits per heavy atom. The van der Waals surface area contributed by atoms with Crippen LogP contribution in [0.5, 0.6) is 0 Å². The number of aromatic nitrogens is 4. The largest absolute Gasteiger partial charge is 0.481 e. The Kier molecular flexibility index (Phi) is 4.06. The Labute approximate surface area is 152 Å². The highest BCUT2D eigenvalue weighted by atomic mass is 19.4. The second-order valence-electron chi connectivity index (χ2n) is 6.35. The first kappa shape index (κ1) is 17.7. The number of methoxy groups -OCH3 is 2. The molecule has 11 heteroatoms. The molecule has 2 aromatic heterocycles. The lowest BCUT2D eigenvalue weighted by Crippen LogP contribution is -2.36. The van der Waals surface area contributed by atoms with Crippen molar-refractivity contribution in [2.24, 2.45) is 4.99 Å². The molecule has 0 saturated heterocycles. The van der Waals surface area contributed by atoms with Crippen LogP contribution in [-0.2, 0) is 21.4 Å². The van der Waals surface area contributed by atoms with Crippen LogP contribution >= 0.6 is 0 Å². The molecule has 1 N–H and O–H groups in total. The zero-order chi connectivity index (χ0) is 19.2. The predicted molar refractivity (Wildman–Crippen MR) is 90.2 cm³/mol. The van der Waals surface area contributed by atoms with Gasteiger partial charge in [0.25, 0.3) is 0 Å². The van der Waals surface area contributed by atoms with Crippen LogP contribution < -0.4 is 5.32 Å². The molecule has 0 radical (unpaired) electrons. The summed E-state index contributed by atoms with van der Waals surface area (Å²) in [4.78, 5) is 15.7. The molecule has 1 unspecified atom stereocenters. The van der Waals surface area contributed by atoms with Crippen LogP contribution in [0.25, 0.3) is 11.2 Å². The third-order valence-corrected chi connectivity index (χ3v) is 4.49. The van der Waals surface area contributed by atoms with Gasteiger partial charge in [0.1, 0.15) is 0 Å². The SMILES string of the molecule is COC1=CC(OC)(n2cnc3c(NC4CC4)nc(C(F)(F)F)nc32)CC=N1. The van der Waals surface area contributed by atoms with E-state index in [2.05, 4.69) is 25.3 Å². The van der Waals surface area contributed by atoms with Gasteiger partial charge in [-0.15, -0.1) is 0 Å². The molecule has 2 aromatic rings. The molecule has 0 bridgehead atoms. The van der Waals surface area contributed by atoms with Crippen molar-refractivity contribution in [2.75, 3.05) is 19.5 Å². The third kappa shape index (κ3) is 3.11. The maximum absolute atomic E-state index is 13.4. The molecule has 1 saturated carbocycles. The van der Waals surface area contributed by atoms with Gasteiger partial charge in [-0.3, -0.25) is 4.57 Å². The lowest BCUT2D eigenvalue weighted by molar-refractivity contribution is -0.144. The number of hydrogen-bond donors (Lipinski definition) is 1. The first-order chi connectivity index (χ1) is 12.9. The van der Waals surface area contributed by atoms with Crippen molar-refractivity contribution in [3.8, 4) is 0 Å². The summed E-state index contributed by atoms with van der Waals surface area (Å²) in [5.74, 6) is -0.877. The number of nitrogens with one attached hydrogen (secondary N) is 1. The van der Waals surface area contributed by atoms with Crippen molar-refractivity contribution in [1.29, 1.82) is 0 Å². The van der Waals surface area contributed by atoms with E-state index in [-0.39, 0.29) is 35.3 Å². The monoisotopic (exact) mass is 382 g/mol. The summed E-state index contributed by atoms with van der Waals surface area (Å²) in [6.45, 7) is 0. The maximum atomic E-state index is 13.4. The summed E-state index contributed by atoms with van der Waals surface area (Å²) in [7, 11) is 2.90. The molecule has 1 aliphatic heterocycles. The minimum absolute atomic E-state index is 0.0179. The smallest absolute Gasteiger partial charge is 0.451 e. The number of rotatable bonds is 5. The van der Waals surface area contributed by atoms with Crippen molar-refractivity contribution in [1.82, 2.24) is 19.5 Å². The molecule has 0 amide bonds. The van der Waals surface area contributed by atoms with Crippen molar-refractivity contribution in [2.45, 2.75) is 37.2 Å². The van der Waals surface area contributed by atoms with E-state index in [0.717, 1.165) is 12.8 Å². The van der Waals surface area contributed by atoms with Gasteiger partial charge in [-0.25, -0.2) is 19.9 Å². The van der Waals surface area contributed by atoms with E-state index in [1.165, 1.54) is 25.1 Å². The van der Waals surface area contributed by atoms with Gasteiger partial charge in [0.15, 0.2) is 22.7 Å². The van der Waals surface area contributed by atoms with Crippen LogP contribution in [0.1, 0.15) is 25.1 Å². The van der Waals surface area contributed by atoms with Crippen molar-refractivity contribution >= 4 is 23.2 Å². The maximum Gasteiger partial charge on any atom is 0.451 e. The normalized spacial score (nSPS) is 22.8. The number of halogens is 3. The zero-order valence-electron chi connectivity index (χ0n) is 14.6. The van der Waals surface area contributed by atoms with E-state index in [1.54, 1.807) is 12.3 Å². The number of nitrogens with zero attached hydrogens (tertiary/aromatic N) is 5. The van der Waals surface area contributed by atoms with Gasteiger partial charge >= 0.3 is 6.18 Å². The fraction of sp³-hybridized carbons (Fsp3) is 0.500. The van der Waals surface area contributed by atoms with Crippen LogP contribution in [-0.4, -0.2) is 46.0 Å². The Morgan fingerprint density at radius 3 is 2.67 bits per heavy atom. The van der Waals surface area contributed by atoms with Gasteiger partial charge < -0.3 is 14.8 Å². The fourth-order valence-corrected chi connectivity index (χ4v) is 2.90. The van der Waals surface area contributed by atoms with Gasteiger partial charge in [0, 0.05) is 31.9 Å². The first-order valence-corrected chi connectivity index (χ1v) is 8.30. The quantitative estimate of drug-likeness (QED) is 0.856. The van der Waals surface area contributed by atoms with Crippen LogP contribution in [0.4, 0.5) is 19.0 Å². The van der Waals surface area contributed by atoms with E-state index in [0.29, 0.717) is 0 Å². The minimum atomic E-state index is -4.69. The van der Waals surface area contributed by atoms with E-state index >= 15 is 0 Å². The number of imidazole rings is 1. The molecule has 0 spiro atoms. The predicted octanol–water partition coefficient (Wildman–Crippen LogP) is 2.68. The molecular weight excluding hydrogens is 365 g/mol. The molecule has 1 atom stereocenters. The second-order valence-corrected chi connectivity index (χ2v) is 6.35. The van der Waals surface area contributed by atoms with Crippen LogP contribution in [0.2, 0.25) is 0 Å². The van der Waals surface area contributed by atoms with Crippen molar-refractivity contribution < 1.29 is 22.6 Å². The highest BCUT2D eigenvalue weighted by molar-refractivity contribution is 5.84. The van der Waals surface area contributed by atoms with Crippen LogP contribution in [0, 0.1) is 0 Å². The summed E-state index contributed by atoms with van der Waals surface area (Å²) in [5, 5.41) is 3.00. The molecule has 0 aromatic carbocycles. The summed E-state index contributed by atoms with van der Waals surface area (Å²) in [6.07, 6.45) is 1.90. The summed E-state index contributed by atoms with van der Waals surface area (Å²) >= 11 is 0. The van der Waals surface area contributed by atoms with Crippen LogP contribution in [0.15, 0.2) is 23.3 Å². The lowest BCUT2D eigenvalue weighted by Gasteiger charge is -2.31. The summed E-state index contributed by atoms with van der Waals surface area (Å²) in [6, 6.07) is 0.104. The van der Waals surface area contributed by atoms with E-state index < -0.39 is 17.7 Å². The minimum Gasteiger partial charge on any atom is -0.481 e. The first-order valence-electron chi connectivity index (χ1n) is 8.30. The average molecular weight is 382 g/mol. The fourth-order valence-electron chi connectivity index (χ4n) is 2.90. The van der Waals surface area contributed by atoms with Gasteiger partial charge in [-0.2, -0.15) is 13.2 Å². The van der Waals surface area contributed by atoms with E-state index in [4.69, 9.17) is 9.47 Å². The standard InChI is InChI=1S/C16H17F3N6O2/c1-26-10-7-15(27-2,5-6-20-10)25-8-21-11-12(22-9-3-4-9)23-14(16(17,18)19)24-13(11)25/h6-9H,3-5H2,1-2H3,(H,22,23,24). The van der Waals surface area contributed by atoms with E-state index in [9.17, 15) is 13.2 Å². The van der Waals surface area contributed by atoms with Gasteiger partial charge in [0.2, 0.25) is 11.7 Å². The molecule has 4 rings (SSSR count). The Hall–Kier alpha value is -2.69. The topological polar surface area (TPSA) is 86.5 Å². The Morgan fingerprint density at radius 1 is 1.26 bits per heavy atom. The second kappa shape index (κ2) is 6.19. The number of anilines is 1. The molecule has 144 valence electrons. The molecule has 27 heavy (non-hydrogen) atoms. The molecule has 8 nitrogen and oxygen atoms in total. The van der Waals surface area contributed by atoms with Crippen molar-refractivity contribution in [3.63, 3.8) is 0 Å². The highest BCUT2D eigenvalue weighted by Crippen LogP contribution is 2.36.